The van der Waals surface area contributed by atoms with Crippen LogP contribution in [0.4, 0.5) is 13.2 Å². The summed E-state index contributed by atoms with van der Waals surface area (Å²) in [5.41, 5.74) is 0. The Morgan fingerprint density at radius 3 is 2.56 bits per heavy atom. The second kappa shape index (κ2) is 6.17. The lowest BCUT2D eigenvalue weighted by Crippen LogP contribution is -2.38. The molecule has 0 saturated heterocycles. The Balaban J connectivity index is 2.36. The molecule has 1 atom stereocenters. The van der Waals surface area contributed by atoms with Crippen molar-refractivity contribution in [1.29, 1.82) is 0 Å². The highest BCUT2D eigenvalue weighted by Crippen LogP contribution is 2.20. The lowest BCUT2D eigenvalue weighted by atomic mass is 10.3. The Morgan fingerprint density at radius 1 is 1.39 bits per heavy atom. The number of aliphatic carboxylic acids is 1. The van der Waals surface area contributed by atoms with Gasteiger partial charge in [0.2, 0.25) is 0 Å². The summed E-state index contributed by atoms with van der Waals surface area (Å²) in [6, 6.07) is 3.27. The fraction of sp³-hybridized carbons (Fsp3) is 0.500. The molecule has 1 heterocycles. The number of carboxylic acid groups (broad SMARTS) is 1. The van der Waals surface area contributed by atoms with Gasteiger partial charge in [-0.05, 0) is 12.1 Å². The number of aliphatic hydroxyl groups is 1. The summed E-state index contributed by atoms with van der Waals surface area (Å²) in [7, 11) is 0. The summed E-state index contributed by atoms with van der Waals surface area (Å²) in [5, 5.41) is 19.7. The van der Waals surface area contributed by atoms with Crippen LogP contribution in [0, 0.1) is 0 Å². The highest BCUT2D eigenvalue weighted by atomic mass is 32.1. The lowest BCUT2D eigenvalue weighted by molar-refractivity contribution is -0.201. The maximum atomic E-state index is 12.0. The molecule has 4 nitrogen and oxygen atoms in total. The SMILES string of the molecule is O=C(O)Cc1ccc(CNCC(O)C(F)(F)F)s1. The third kappa shape index (κ3) is 5.03. The molecule has 1 unspecified atom stereocenters. The van der Waals surface area contributed by atoms with Crippen LogP contribution in [0.5, 0.6) is 0 Å². The predicted octanol–water partition coefficient (Wildman–Crippen LogP) is 1.39. The van der Waals surface area contributed by atoms with Crippen LogP contribution in [-0.2, 0) is 17.8 Å². The number of aliphatic hydroxyl groups excluding tert-OH is 1. The summed E-state index contributed by atoms with van der Waals surface area (Å²) < 4.78 is 35.9. The maximum Gasteiger partial charge on any atom is 0.415 e. The Morgan fingerprint density at radius 2 is 2.00 bits per heavy atom. The van der Waals surface area contributed by atoms with Gasteiger partial charge in [-0.1, -0.05) is 0 Å². The molecule has 0 spiro atoms. The van der Waals surface area contributed by atoms with E-state index in [2.05, 4.69) is 5.32 Å². The summed E-state index contributed by atoms with van der Waals surface area (Å²) in [6.45, 7) is -0.424. The number of rotatable bonds is 6. The number of halogens is 3. The Bertz CT molecular complexity index is 405. The molecule has 0 aromatic carbocycles. The molecule has 0 aliphatic heterocycles. The number of carboxylic acids is 1. The van der Waals surface area contributed by atoms with Crippen LogP contribution in [0.1, 0.15) is 9.75 Å². The minimum Gasteiger partial charge on any atom is -0.481 e. The van der Waals surface area contributed by atoms with E-state index in [0.717, 1.165) is 4.88 Å². The van der Waals surface area contributed by atoms with Gasteiger partial charge in [0.25, 0.3) is 0 Å². The number of hydrogen-bond donors (Lipinski definition) is 3. The molecule has 0 radical (unpaired) electrons. The average Bonchev–Trinajstić information content (AvgIpc) is 2.63. The van der Waals surface area contributed by atoms with Crippen molar-refractivity contribution in [3.8, 4) is 0 Å². The first-order valence-electron chi connectivity index (χ1n) is 5.04. The number of thiophene rings is 1. The summed E-state index contributed by atoms with van der Waals surface area (Å²) in [4.78, 5) is 11.8. The molecule has 1 aromatic rings. The third-order valence-corrected chi connectivity index (χ3v) is 3.14. The lowest BCUT2D eigenvalue weighted by Gasteiger charge is -2.14. The molecule has 0 aliphatic carbocycles. The Kier molecular flexibility index (Phi) is 5.12. The van der Waals surface area contributed by atoms with Gasteiger partial charge in [-0.25, -0.2) is 0 Å². The zero-order valence-corrected chi connectivity index (χ0v) is 10.0. The topological polar surface area (TPSA) is 69.6 Å². The van der Waals surface area contributed by atoms with Crippen molar-refractivity contribution in [2.75, 3.05) is 6.54 Å². The second-order valence-corrected chi connectivity index (χ2v) is 4.88. The van der Waals surface area contributed by atoms with Crippen molar-refractivity contribution >= 4 is 17.3 Å². The molecule has 1 aromatic heterocycles. The summed E-state index contributed by atoms with van der Waals surface area (Å²) in [6.07, 6.45) is -7.12. The first kappa shape index (κ1) is 14.9. The van der Waals surface area contributed by atoms with E-state index in [1.165, 1.54) is 11.3 Å². The molecule has 0 saturated carbocycles. The second-order valence-electron chi connectivity index (χ2n) is 3.63. The summed E-state index contributed by atoms with van der Waals surface area (Å²) >= 11 is 1.21. The molecule has 0 aliphatic rings. The van der Waals surface area contributed by atoms with E-state index in [4.69, 9.17) is 10.2 Å². The number of alkyl halides is 3. The first-order valence-corrected chi connectivity index (χ1v) is 5.85. The molecule has 8 heteroatoms. The van der Waals surface area contributed by atoms with Gasteiger partial charge in [-0.15, -0.1) is 11.3 Å². The van der Waals surface area contributed by atoms with Crippen LogP contribution in [0.25, 0.3) is 0 Å². The smallest absolute Gasteiger partial charge is 0.415 e. The number of nitrogens with one attached hydrogen (secondary N) is 1. The van der Waals surface area contributed by atoms with Crippen molar-refractivity contribution < 1.29 is 28.2 Å². The van der Waals surface area contributed by atoms with Crippen LogP contribution in [0.15, 0.2) is 12.1 Å². The average molecular weight is 283 g/mol. The molecule has 1 rings (SSSR count). The Labute approximate surface area is 105 Å². The number of carbonyl (C=O) groups is 1. The molecule has 0 fully saturated rings. The van der Waals surface area contributed by atoms with Gasteiger partial charge in [-0.2, -0.15) is 13.2 Å². The first-order chi connectivity index (χ1) is 8.29. The highest BCUT2D eigenvalue weighted by molar-refractivity contribution is 7.12. The normalized spacial score (nSPS) is 13.6. The Hall–Kier alpha value is -1.12. The highest BCUT2D eigenvalue weighted by Gasteiger charge is 2.37. The van der Waals surface area contributed by atoms with Crippen molar-refractivity contribution in [3.63, 3.8) is 0 Å². The molecule has 3 N–H and O–H groups in total. The van der Waals surface area contributed by atoms with Crippen molar-refractivity contribution in [2.24, 2.45) is 0 Å². The fourth-order valence-corrected chi connectivity index (χ4v) is 2.19. The maximum absolute atomic E-state index is 12.0. The molecule has 18 heavy (non-hydrogen) atoms. The predicted molar refractivity (Wildman–Crippen MR) is 59.4 cm³/mol. The zero-order valence-electron chi connectivity index (χ0n) is 9.20. The standard InChI is InChI=1S/C10H12F3NO3S/c11-10(12,13)8(15)5-14-4-7-2-1-6(18-7)3-9(16)17/h1-2,8,14-15H,3-5H2,(H,16,17). The molecule has 0 amide bonds. The van der Waals surface area contributed by atoms with Gasteiger partial charge in [0.05, 0.1) is 6.42 Å². The van der Waals surface area contributed by atoms with E-state index in [9.17, 15) is 18.0 Å². The van der Waals surface area contributed by atoms with E-state index >= 15 is 0 Å². The van der Waals surface area contributed by atoms with E-state index < -0.39 is 24.8 Å². The van der Waals surface area contributed by atoms with Crippen molar-refractivity contribution in [3.05, 3.63) is 21.9 Å². The van der Waals surface area contributed by atoms with Crippen LogP contribution >= 0.6 is 11.3 Å². The van der Waals surface area contributed by atoms with Crippen LogP contribution < -0.4 is 5.32 Å². The third-order valence-electron chi connectivity index (χ3n) is 2.06. The van der Waals surface area contributed by atoms with E-state index in [1.54, 1.807) is 12.1 Å². The van der Waals surface area contributed by atoms with E-state index in [-0.39, 0.29) is 13.0 Å². The largest absolute Gasteiger partial charge is 0.481 e. The van der Waals surface area contributed by atoms with Gasteiger partial charge in [0, 0.05) is 22.8 Å². The van der Waals surface area contributed by atoms with Gasteiger partial charge < -0.3 is 15.5 Å². The summed E-state index contributed by atoms with van der Waals surface area (Å²) in [5.74, 6) is -0.955. The fourth-order valence-electron chi connectivity index (χ4n) is 1.21. The molecule has 102 valence electrons. The van der Waals surface area contributed by atoms with Crippen molar-refractivity contribution in [1.82, 2.24) is 5.32 Å². The van der Waals surface area contributed by atoms with Gasteiger partial charge in [0.15, 0.2) is 6.10 Å². The minimum absolute atomic E-state index is 0.101. The zero-order chi connectivity index (χ0) is 13.8. The van der Waals surface area contributed by atoms with Crippen LogP contribution in [0.3, 0.4) is 0 Å². The van der Waals surface area contributed by atoms with Crippen LogP contribution in [0.2, 0.25) is 0 Å². The molecular weight excluding hydrogens is 271 g/mol. The van der Waals surface area contributed by atoms with Crippen molar-refractivity contribution in [2.45, 2.75) is 25.2 Å². The molecular formula is C10H12F3NO3S. The van der Waals surface area contributed by atoms with E-state index in [0.29, 0.717) is 4.88 Å². The van der Waals surface area contributed by atoms with Gasteiger partial charge in [-0.3, -0.25) is 4.79 Å². The quantitative estimate of drug-likeness (QED) is 0.738. The number of hydrogen-bond acceptors (Lipinski definition) is 4. The van der Waals surface area contributed by atoms with Gasteiger partial charge in [0.1, 0.15) is 0 Å². The van der Waals surface area contributed by atoms with E-state index in [1.807, 2.05) is 0 Å². The monoisotopic (exact) mass is 283 g/mol. The minimum atomic E-state index is -4.63. The van der Waals surface area contributed by atoms with Crippen LogP contribution in [-0.4, -0.2) is 35.0 Å². The molecule has 0 bridgehead atoms. The van der Waals surface area contributed by atoms with Gasteiger partial charge >= 0.3 is 12.1 Å².